The molecular formula is C19H26ClN5O2. The molecule has 2 N–H and O–H groups in total. The number of hydrogen-bond donors (Lipinski definition) is 2. The van der Waals surface area contributed by atoms with E-state index in [1.165, 1.54) is 0 Å². The molecule has 1 aromatic heterocycles. The summed E-state index contributed by atoms with van der Waals surface area (Å²) in [6.07, 6.45) is 2.57. The first-order valence-electron chi connectivity index (χ1n) is 9.27. The number of piperidine rings is 1. The Hall–Kier alpha value is -1.96. The van der Waals surface area contributed by atoms with Gasteiger partial charge in [-0.2, -0.15) is 0 Å². The Kier molecular flexibility index (Phi) is 6.46. The lowest BCUT2D eigenvalue weighted by molar-refractivity contribution is 0.0509. The largest absolute Gasteiger partial charge is 0.384 e. The van der Waals surface area contributed by atoms with Gasteiger partial charge < -0.3 is 15.4 Å². The molecule has 0 radical (unpaired) electrons. The maximum absolute atomic E-state index is 12.7. The maximum Gasteiger partial charge on any atom is 0.291 e. The van der Waals surface area contributed by atoms with Crippen LogP contribution in [0.2, 0.25) is 5.02 Å². The zero-order valence-electron chi connectivity index (χ0n) is 15.8. The van der Waals surface area contributed by atoms with Gasteiger partial charge in [0.05, 0.1) is 17.3 Å². The van der Waals surface area contributed by atoms with Crippen LogP contribution in [0.4, 0.5) is 0 Å². The molecule has 1 fully saturated rings. The summed E-state index contributed by atoms with van der Waals surface area (Å²) in [6.45, 7) is 5.00. The number of carbonyl (C=O) groups excluding carboxylic acids is 1. The smallest absolute Gasteiger partial charge is 0.291 e. The summed E-state index contributed by atoms with van der Waals surface area (Å²) in [4.78, 5) is 17.1. The van der Waals surface area contributed by atoms with Crippen molar-refractivity contribution in [1.29, 1.82) is 0 Å². The average molecular weight is 392 g/mol. The number of ether oxygens (including phenoxy) is 1. The van der Waals surface area contributed by atoms with Crippen molar-refractivity contribution in [2.24, 2.45) is 5.41 Å². The number of benzene rings is 1. The molecule has 0 atom stereocenters. The molecule has 0 aliphatic carbocycles. The van der Waals surface area contributed by atoms with Crippen LogP contribution in [0.3, 0.4) is 0 Å². The van der Waals surface area contributed by atoms with Crippen LogP contribution in [-0.2, 0) is 11.2 Å². The van der Waals surface area contributed by atoms with Crippen molar-refractivity contribution in [3.05, 3.63) is 40.9 Å². The molecule has 2 heterocycles. The van der Waals surface area contributed by atoms with Gasteiger partial charge in [-0.15, -0.1) is 5.10 Å². The Morgan fingerprint density at radius 3 is 2.78 bits per heavy atom. The fraction of sp³-hybridized carbons (Fsp3) is 0.526. The van der Waals surface area contributed by atoms with Crippen molar-refractivity contribution in [2.75, 3.05) is 33.4 Å². The Bertz CT molecular complexity index is 781. The Morgan fingerprint density at radius 2 is 2.11 bits per heavy atom. The van der Waals surface area contributed by atoms with E-state index >= 15 is 0 Å². The highest BCUT2D eigenvalue weighted by Gasteiger charge is 2.33. The topological polar surface area (TPSA) is 81.1 Å². The third-order valence-corrected chi connectivity index (χ3v) is 5.33. The van der Waals surface area contributed by atoms with E-state index < -0.39 is 0 Å². The fourth-order valence-electron chi connectivity index (χ4n) is 3.47. The van der Waals surface area contributed by atoms with E-state index in [2.05, 4.69) is 20.7 Å². The van der Waals surface area contributed by atoms with E-state index in [9.17, 15) is 4.79 Å². The van der Waals surface area contributed by atoms with Gasteiger partial charge in [0, 0.05) is 25.5 Å². The second-order valence-corrected chi connectivity index (χ2v) is 7.34. The number of hydrogen-bond acceptors (Lipinski definition) is 5. The third-order valence-electron chi connectivity index (χ3n) is 5.01. The molecule has 8 heteroatoms. The van der Waals surface area contributed by atoms with Crippen LogP contribution in [-0.4, -0.2) is 54.0 Å². The number of aryl methyl sites for hydroxylation is 1. The van der Waals surface area contributed by atoms with Gasteiger partial charge in [-0.1, -0.05) is 30.7 Å². The molecule has 1 amide bonds. The summed E-state index contributed by atoms with van der Waals surface area (Å²) >= 11 is 6.28. The van der Waals surface area contributed by atoms with E-state index in [-0.39, 0.29) is 17.1 Å². The summed E-state index contributed by atoms with van der Waals surface area (Å²) in [5, 5.41) is 11.3. The number of nitrogens with one attached hydrogen (secondary N) is 2. The molecular weight excluding hydrogens is 366 g/mol. The molecule has 1 aliphatic rings. The van der Waals surface area contributed by atoms with Gasteiger partial charge >= 0.3 is 0 Å². The molecule has 1 aromatic carbocycles. The normalized spacial score (nSPS) is 16.3. The number of rotatable bonds is 7. The molecule has 0 spiro atoms. The van der Waals surface area contributed by atoms with Gasteiger partial charge in [0.25, 0.3) is 5.91 Å². The first-order valence-corrected chi connectivity index (χ1v) is 9.65. The van der Waals surface area contributed by atoms with Gasteiger partial charge in [0.2, 0.25) is 5.82 Å². The number of carbonyl (C=O) groups is 1. The Balaban J connectivity index is 1.76. The van der Waals surface area contributed by atoms with Crippen molar-refractivity contribution < 1.29 is 9.53 Å². The molecule has 2 aromatic rings. The van der Waals surface area contributed by atoms with Crippen LogP contribution in [0.25, 0.3) is 5.69 Å². The summed E-state index contributed by atoms with van der Waals surface area (Å²) in [6, 6.07) is 7.40. The molecule has 7 nitrogen and oxygen atoms in total. The van der Waals surface area contributed by atoms with E-state index in [1.54, 1.807) is 17.9 Å². The van der Waals surface area contributed by atoms with Crippen molar-refractivity contribution in [3.63, 3.8) is 0 Å². The van der Waals surface area contributed by atoms with E-state index in [4.69, 9.17) is 16.3 Å². The van der Waals surface area contributed by atoms with Gasteiger partial charge in [0.1, 0.15) is 5.82 Å². The van der Waals surface area contributed by atoms with E-state index in [0.717, 1.165) is 31.6 Å². The highest BCUT2D eigenvalue weighted by molar-refractivity contribution is 6.32. The highest BCUT2D eigenvalue weighted by atomic mass is 35.5. The number of amides is 1. The van der Waals surface area contributed by atoms with Crippen LogP contribution >= 0.6 is 11.6 Å². The minimum Gasteiger partial charge on any atom is -0.384 e. The summed E-state index contributed by atoms with van der Waals surface area (Å²) in [5.74, 6) is 0.583. The lowest BCUT2D eigenvalue weighted by Crippen LogP contribution is -2.47. The van der Waals surface area contributed by atoms with E-state index in [1.807, 2.05) is 25.1 Å². The molecule has 0 unspecified atom stereocenters. The molecule has 0 bridgehead atoms. The van der Waals surface area contributed by atoms with Crippen molar-refractivity contribution >= 4 is 17.5 Å². The first kappa shape index (κ1) is 19.8. The van der Waals surface area contributed by atoms with Gasteiger partial charge in [-0.3, -0.25) is 4.79 Å². The molecule has 0 saturated carbocycles. The Labute approximate surface area is 164 Å². The minimum atomic E-state index is -0.274. The highest BCUT2D eigenvalue weighted by Crippen LogP contribution is 2.28. The number of nitrogens with zero attached hydrogens (tertiary/aromatic N) is 3. The van der Waals surface area contributed by atoms with Crippen molar-refractivity contribution in [1.82, 2.24) is 25.4 Å². The van der Waals surface area contributed by atoms with Crippen LogP contribution in [0, 0.1) is 5.41 Å². The number of methoxy groups -OCH3 is 1. The third kappa shape index (κ3) is 4.48. The number of halogens is 1. The van der Waals surface area contributed by atoms with Crippen LogP contribution in [0.15, 0.2) is 24.3 Å². The van der Waals surface area contributed by atoms with Crippen molar-refractivity contribution in [2.45, 2.75) is 26.2 Å². The summed E-state index contributed by atoms with van der Waals surface area (Å²) in [7, 11) is 1.70. The summed E-state index contributed by atoms with van der Waals surface area (Å²) < 4.78 is 7.05. The molecule has 1 saturated heterocycles. The van der Waals surface area contributed by atoms with Crippen LogP contribution < -0.4 is 10.6 Å². The SMILES string of the molecule is CCc1nc(C(=O)NCC2(COC)CCNCC2)nn1-c1ccccc1Cl. The molecule has 1 aliphatic heterocycles. The van der Waals surface area contributed by atoms with E-state index in [0.29, 0.717) is 30.4 Å². The van der Waals surface area contributed by atoms with Crippen molar-refractivity contribution in [3.8, 4) is 5.69 Å². The maximum atomic E-state index is 12.7. The first-order chi connectivity index (χ1) is 13.1. The number of para-hydroxylation sites is 1. The Morgan fingerprint density at radius 1 is 1.37 bits per heavy atom. The zero-order chi connectivity index (χ0) is 19.3. The predicted molar refractivity (Wildman–Crippen MR) is 104 cm³/mol. The minimum absolute atomic E-state index is 0.0471. The predicted octanol–water partition coefficient (Wildman–Crippen LogP) is 2.23. The molecule has 27 heavy (non-hydrogen) atoms. The molecule has 146 valence electrons. The second-order valence-electron chi connectivity index (χ2n) is 6.93. The number of aromatic nitrogens is 3. The monoisotopic (exact) mass is 391 g/mol. The van der Waals surface area contributed by atoms with Gasteiger partial charge in [-0.05, 0) is 38.1 Å². The second kappa shape index (κ2) is 8.82. The fourth-order valence-corrected chi connectivity index (χ4v) is 3.68. The summed E-state index contributed by atoms with van der Waals surface area (Å²) in [5.41, 5.74) is 0.672. The lowest BCUT2D eigenvalue weighted by Gasteiger charge is -2.37. The van der Waals surface area contributed by atoms with Gasteiger partial charge in [0.15, 0.2) is 0 Å². The standard InChI is InChI=1S/C19H26ClN5O2/c1-3-16-23-17(24-25(16)15-7-5-4-6-14(15)20)18(26)22-12-19(13-27-2)8-10-21-11-9-19/h4-7,21H,3,8-13H2,1-2H3,(H,22,26). The zero-order valence-corrected chi connectivity index (χ0v) is 16.6. The van der Waals surface area contributed by atoms with Gasteiger partial charge in [-0.25, -0.2) is 9.67 Å². The average Bonchev–Trinajstić information content (AvgIpc) is 3.12. The quantitative estimate of drug-likeness (QED) is 0.756. The lowest BCUT2D eigenvalue weighted by atomic mass is 9.79. The van der Waals surface area contributed by atoms with Crippen LogP contribution in [0.1, 0.15) is 36.2 Å². The molecule has 3 rings (SSSR count). The van der Waals surface area contributed by atoms with Crippen LogP contribution in [0.5, 0.6) is 0 Å².